The molecular formula is C23H23NO3S. The molecule has 4 rings (SSSR count). The smallest absolute Gasteiger partial charge is 0.161 e. The second kappa shape index (κ2) is 9.04. The van der Waals surface area contributed by atoms with Crippen molar-refractivity contribution in [2.24, 2.45) is 0 Å². The molecule has 0 saturated carbocycles. The van der Waals surface area contributed by atoms with Crippen molar-refractivity contribution in [2.75, 3.05) is 24.0 Å². The zero-order valence-corrected chi connectivity index (χ0v) is 16.3. The van der Waals surface area contributed by atoms with Gasteiger partial charge in [-0.3, -0.25) is 0 Å². The fourth-order valence-electron chi connectivity index (χ4n) is 3.06. The molecule has 0 fully saturated rings. The summed E-state index contributed by atoms with van der Waals surface area (Å²) in [6, 6.07) is 26.1. The van der Waals surface area contributed by atoms with Crippen LogP contribution in [0.5, 0.6) is 11.5 Å². The largest absolute Gasteiger partial charge is 0.491 e. The van der Waals surface area contributed by atoms with Gasteiger partial charge in [0.2, 0.25) is 0 Å². The third-order valence-corrected chi connectivity index (χ3v) is 5.66. The SMILES string of the molecule is OC(COc1ccccc1)CSc1ccc2c(c1)CN(c1ccccc1)CO2. The van der Waals surface area contributed by atoms with E-state index in [-0.39, 0.29) is 6.61 Å². The molecule has 144 valence electrons. The van der Waals surface area contributed by atoms with E-state index in [0.717, 1.165) is 34.2 Å². The Labute approximate surface area is 169 Å². The third-order valence-electron chi connectivity index (χ3n) is 4.52. The number of thioether (sulfide) groups is 1. The normalized spacial score (nSPS) is 14.1. The number of hydrogen-bond acceptors (Lipinski definition) is 5. The Morgan fingerprint density at radius 3 is 2.54 bits per heavy atom. The van der Waals surface area contributed by atoms with Gasteiger partial charge >= 0.3 is 0 Å². The van der Waals surface area contributed by atoms with Crippen molar-refractivity contribution in [1.82, 2.24) is 0 Å². The predicted octanol–water partition coefficient (Wildman–Crippen LogP) is 4.58. The van der Waals surface area contributed by atoms with Gasteiger partial charge < -0.3 is 19.5 Å². The monoisotopic (exact) mass is 393 g/mol. The van der Waals surface area contributed by atoms with E-state index >= 15 is 0 Å². The summed E-state index contributed by atoms with van der Waals surface area (Å²) in [6.45, 7) is 1.65. The van der Waals surface area contributed by atoms with Gasteiger partial charge in [0.1, 0.15) is 18.1 Å². The number of rotatable bonds is 7. The molecule has 28 heavy (non-hydrogen) atoms. The fraction of sp³-hybridized carbons (Fsp3) is 0.217. The first-order valence-electron chi connectivity index (χ1n) is 9.32. The molecule has 1 atom stereocenters. The second-order valence-corrected chi connectivity index (χ2v) is 7.76. The van der Waals surface area contributed by atoms with Gasteiger partial charge in [-0.2, -0.15) is 0 Å². The highest BCUT2D eigenvalue weighted by atomic mass is 32.2. The van der Waals surface area contributed by atoms with Gasteiger partial charge in [0.25, 0.3) is 0 Å². The van der Waals surface area contributed by atoms with E-state index in [0.29, 0.717) is 12.5 Å². The number of para-hydroxylation sites is 2. The highest BCUT2D eigenvalue weighted by molar-refractivity contribution is 7.99. The molecule has 1 unspecified atom stereocenters. The van der Waals surface area contributed by atoms with Gasteiger partial charge in [-0.05, 0) is 42.5 Å². The highest BCUT2D eigenvalue weighted by Crippen LogP contribution is 2.32. The molecule has 5 heteroatoms. The van der Waals surface area contributed by atoms with Crippen molar-refractivity contribution >= 4 is 17.4 Å². The molecule has 0 spiro atoms. The molecule has 4 nitrogen and oxygen atoms in total. The van der Waals surface area contributed by atoms with Crippen molar-refractivity contribution in [2.45, 2.75) is 17.5 Å². The van der Waals surface area contributed by atoms with Crippen LogP contribution >= 0.6 is 11.8 Å². The Bertz CT molecular complexity index is 889. The Morgan fingerprint density at radius 1 is 1.00 bits per heavy atom. The molecule has 0 amide bonds. The summed E-state index contributed by atoms with van der Waals surface area (Å²) in [7, 11) is 0. The number of fused-ring (bicyclic) bond motifs is 1. The van der Waals surface area contributed by atoms with Crippen LogP contribution in [0, 0.1) is 0 Å². The fourth-order valence-corrected chi connectivity index (χ4v) is 3.93. The molecule has 3 aromatic carbocycles. The Kier molecular flexibility index (Phi) is 6.04. The van der Waals surface area contributed by atoms with Crippen molar-refractivity contribution in [3.8, 4) is 11.5 Å². The maximum absolute atomic E-state index is 10.2. The number of benzene rings is 3. The van der Waals surface area contributed by atoms with Gasteiger partial charge in [0.15, 0.2) is 6.73 Å². The second-order valence-electron chi connectivity index (χ2n) is 6.67. The standard InChI is InChI=1S/C23H23NO3S/c25-20(15-26-21-9-5-2-6-10-21)16-28-22-11-12-23-18(13-22)14-24(17-27-23)19-7-3-1-4-8-19/h1-13,20,25H,14-17H2. The van der Waals surface area contributed by atoms with E-state index in [1.54, 1.807) is 11.8 Å². The Morgan fingerprint density at radius 2 is 1.75 bits per heavy atom. The first kappa shape index (κ1) is 18.7. The molecule has 0 aromatic heterocycles. The summed E-state index contributed by atoms with van der Waals surface area (Å²) in [5, 5.41) is 10.2. The number of aliphatic hydroxyl groups is 1. The number of hydrogen-bond donors (Lipinski definition) is 1. The van der Waals surface area contributed by atoms with Gasteiger partial charge in [-0.25, -0.2) is 0 Å². The molecule has 0 bridgehead atoms. The topological polar surface area (TPSA) is 41.9 Å². The first-order valence-corrected chi connectivity index (χ1v) is 10.3. The van der Waals surface area contributed by atoms with Crippen LogP contribution in [0.4, 0.5) is 5.69 Å². The lowest BCUT2D eigenvalue weighted by atomic mass is 10.1. The third kappa shape index (κ3) is 4.80. The molecule has 1 heterocycles. The maximum Gasteiger partial charge on any atom is 0.161 e. The molecule has 0 radical (unpaired) electrons. The van der Waals surface area contributed by atoms with Crippen molar-refractivity contribution < 1.29 is 14.6 Å². The molecule has 1 N–H and O–H groups in total. The Balaban J connectivity index is 1.32. The molecule has 0 aliphatic carbocycles. The van der Waals surface area contributed by atoms with E-state index in [9.17, 15) is 5.11 Å². The van der Waals surface area contributed by atoms with E-state index in [4.69, 9.17) is 9.47 Å². The number of ether oxygens (including phenoxy) is 2. The molecule has 0 saturated heterocycles. The first-order chi connectivity index (χ1) is 13.8. The van der Waals surface area contributed by atoms with Crippen LogP contribution in [0.3, 0.4) is 0 Å². The average Bonchev–Trinajstić information content (AvgIpc) is 2.77. The minimum atomic E-state index is -0.529. The highest BCUT2D eigenvalue weighted by Gasteiger charge is 2.18. The van der Waals surface area contributed by atoms with Crippen molar-refractivity contribution in [1.29, 1.82) is 0 Å². The maximum atomic E-state index is 10.2. The van der Waals surface area contributed by atoms with Crippen molar-refractivity contribution in [3.63, 3.8) is 0 Å². The minimum absolute atomic E-state index is 0.285. The van der Waals surface area contributed by atoms with Crippen molar-refractivity contribution in [3.05, 3.63) is 84.4 Å². The van der Waals surface area contributed by atoms with Gasteiger partial charge in [-0.15, -0.1) is 11.8 Å². The van der Waals surface area contributed by atoms with E-state index in [1.807, 2.05) is 60.7 Å². The van der Waals surface area contributed by atoms with E-state index < -0.39 is 6.10 Å². The van der Waals surface area contributed by atoms with E-state index in [2.05, 4.69) is 23.1 Å². The van der Waals surface area contributed by atoms with Crippen LogP contribution in [0.1, 0.15) is 5.56 Å². The van der Waals surface area contributed by atoms with Crippen LogP contribution in [0.15, 0.2) is 83.8 Å². The molecule has 1 aliphatic heterocycles. The molecule has 3 aromatic rings. The van der Waals surface area contributed by atoms with Crippen LogP contribution < -0.4 is 14.4 Å². The summed E-state index contributed by atoms with van der Waals surface area (Å²) in [4.78, 5) is 3.33. The minimum Gasteiger partial charge on any atom is -0.491 e. The van der Waals surface area contributed by atoms with Gasteiger partial charge in [-0.1, -0.05) is 36.4 Å². The van der Waals surface area contributed by atoms with Crippen LogP contribution in [-0.4, -0.2) is 30.3 Å². The lowest BCUT2D eigenvalue weighted by Crippen LogP contribution is -2.31. The average molecular weight is 394 g/mol. The zero-order valence-electron chi connectivity index (χ0n) is 15.5. The van der Waals surface area contributed by atoms with Gasteiger partial charge in [0.05, 0.1) is 6.10 Å². The summed E-state index contributed by atoms with van der Waals surface area (Å²) in [5.41, 5.74) is 2.31. The van der Waals surface area contributed by atoms with Crippen LogP contribution in [0.2, 0.25) is 0 Å². The summed E-state index contributed by atoms with van der Waals surface area (Å²) in [6.07, 6.45) is -0.529. The summed E-state index contributed by atoms with van der Waals surface area (Å²) >= 11 is 1.63. The van der Waals surface area contributed by atoms with Crippen LogP contribution in [-0.2, 0) is 6.54 Å². The number of aliphatic hydroxyl groups excluding tert-OH is 1. The zero-order chi connectivity index (χ0) is 19.2. The quantitative estimate of drug-likeness (QED) is 0.596. The molecular weight excluding hydrogens is 370 g/mol. The lowest BCUT2D eigenvalue weighted by molar-refractivity contribution is 0.126. The molecule has 1 aliphatic rings. The summed E-state index contributed by atoms with van der Waals surface area (Å²) < 4.78 is 11.5. The van der Waals surface area contributed by atoms with Crippen LogP contribution in [0.25, 0.3) is 0 Å². The summed E-state index contributed by atoms with van der Waals surface area (Å²) in [5.74, 6) is 2.29. The number of nitrogens with zero attached hydrogens (tertiary/aromatic N) is 1. The Hall–Kier alpha value is -2.63. The van der Waals surface area contributed by atoms with E-state index in [1.165, 1.54) is 0 Å². The number of anilines is 1. The van der Waals surface area contributed by atoms with Gasteiger partial charge in [0, 0.05) is 28.4 Å². The lowest BCUT2D eigenvalue weighted by Gasteiger charge is -2.31. The predicted molar refractivity (Wildman–Crippen MR) is 113 cm³/mol.